The number of nitrogens with one attached hydrogen (secondary N) is 1. The number of hydrogen-bond acceptors (Lipinski definition) is 5. The SMILES string of the molecule is CCOc1ccc(C2CC(=O)Nc3c2cnn3-c2nc3ccccc3s2)cc1. The Morgan fingerprint density at radius 1 is 1.21 bits per heavy atom. The molecule has 0 aliphatic carbocycles. The highest BCUT2D eigenvalue weighted by Gasteiger charge is 2.31. The van der Waals surface area contributed by atoms with Gasteiger partial charge >= 0.3 is 0 Å². The summed E-state index contributed by atoms with van der Waals surface area (Å²) in [6.07, 6.45) is 2.23. The number of ether oxygens (including phenoxy) is 1. The zero-order chi connectivity index (χ0) is 19.1. The fourth-order valence-electron chi connectivity index (χ4n) is 3.58. The highest BCUT2D eigenvalue weighted by atomic mass is 32.1. The quantitative estimate of drug-likeness (QED) is 0.562. The molecule has 0 spiro atoms. The second-order valence-corrected chi connectivity index (χ2v) is 7.64. The number of fused-ring (bicyclic) bond motifs is 2. The van der Waals surface area contributed by atoms with E-state index in [0.717, 1.165) is 32.2 Å². The van der Waals surface area contributed by atoms with Crippen molar-refractivity contribution < 1.29 is 9.53 Å². The van der Waals surface area contributed by atoms with Crippen molar-refractivity contribution in [2.24, 2.45) is 0 Å². The van der Waals surface area contributed by atoms with E-state index in [-0.39, 0.29) is 11.8 Å². The van der Waals surface area contributed by atoms with Crippen molar-refractivity contribution in [3.8, 4) is 10.9 Å². The first kappa shape index (κ1) is 16.9. The van der Waals surface area contributed by atoms with Gasteiger partial charge in [0.15, 0.2) is 0 Å². The van der Waals surface area contributed by atoms with Crippen LogP contribution in [0.5, 0.6) is 5.75 Å². The van der Waals surface area contributed by atoms with Crippen LogP contribution < -0.4 is 10.1 Å². The van der Waals surface area contributed by atoms with Crippen LogP contribution in [0.2, 0.25) is 0 Å². The van der Waals surface area contributed by atoms with E-state index < -0.39 is 0 Å². The van der Waals surface area contributed by atoms with E-state index >= 15 is 0 Å². The van der Waals surface area contributed by atoms with Gasteiger partial charge in [-0.25, -0.2) is 4.98 Å². The monoisotopic (exact) mass is 390 g/mol. The molecule has 7 heteroatoms. The summed E-state index contributed by atoms with van der Waals surface area (Å²) in [6, 6.07) is 15.9. The molecule has 28 heavy (non-hydrogen) atoms. The van der Waals surface area contributed by atoms with Gasteiger partial charge in [0.25, 0.3) is 0 Å². The third-order valence-corrected chi connectivity index (χ3v) is 5.89. The highest BCUT2D eigenvalue weighted by molar-refractivity contribution is 7.20. The van der Waals surface area contributed by atoms with Crippen LogP contribution in [0.15, 0.2) is 54.7 Å². The lowest BCUT2D eigenvalue weighted by molar-refractivity contribution is -0.116. The Kier molecular flexibility index (Phi) is 4.09. The maximum atomic E-state index is 12.4. The van der Waals surface area contributed by atoms with Crippen molar-refractivity contribution in [2.45, 2.75) is 19.3 Å². The van der Waals surface area contributed by atoms with Crippen LogP contribution >= 0.6 is 11.3 Å². The Morgan fingerprint density at radius 2 is 2.04 bits per heavy atom. The van der Waals surface area contributed by atoms with Crippen LogP contribution in [0.4, 0.5) is 5.82 Å². The van der Waals surface area contributed by atoms with Crippen LogP contribution in [-0.2, 0) is 4.79 Å². The molecule has 0 saturated heterocycles. The van der Waals surface area contributed by atoms with E-state index in [9.17, 15) is 4.79 Å². The minimum atomic E-state index is -0.0393. The molecule has 0 bridgehead atoms. The van der Waals surface area contributed by atoms with Crippen molar-refractivity contribution >= 4 is 33.3 Å². The largest absolute Gasteiger partial charge is 0.494 e. The van der Waals surface area contributed by atoms with Gasteiger partial charge in [-0.1, -0.05) is 35.6 Å². The van der Waals surface area contributed by atoms with Gasteiger partial charge in [0.05, 0.1) is 23.0 Å². The van der Waals surface area contributed by atoms with Crippen molar-refractivity contribution in [3.63, 3.8) is 0 Å². The Bertz CT molecular complexity index is 1130. The summed E-state index contributed by atoms with van der Waals surface area (Å²) in [6.45, 7) is 2.59. The zero-order valence-corrected chi connectivity index (χ0v) is 16.1. The van der Waals surface area contributed by atoms with Crippen molar-refractivity contribution in [1.82, 2.24) is 14.8 Å². The summed E-state index contributed by atoms with van der Waals surface area (Å²) >= 11 is 1.56. The molecule has 1 unspecified atom stereocenters. The lowest BCUT2D eigenvalue weighted by atomic mass is 9.87. The van der Waals surface area contributed by atoms with Crippen LogP contribution in [0, 0.1) is 0 Å². The Hall–Kier alpha value is -3.19. The third-order valence-electron chi connectivity index (χ3n) is 4.88. The molecule has 0 fully saturated rings. The van der Waals surface area contributed by atoms with Gasteiger partial charge in [-0.3, -0.25) is 4.79 Å². The summed E-state index contributed by atoms with van der Waals surface area (Å²) in [4.78, 5) is 17.1. The summed E-state index contributed by atoms with van der Waals surface area (Å²) in [7, 11) is 0. The smallest absolute Gasteiger partial charge is 0.226 e. The van der Waals surface area contributed by atoms with Gasteiger partial charge in [0.1, 0.15) is 11.6 Å². The molecule has 2 aromatic carbocycles. The number of benzene rings is 2. The topological polar surface area (TPSA) is 69.0 Å². The van der Waals surface area contributed by atoms with Crippen LogP contribution in [0.25, 0.3) is 15.3 Å². The average molecular weight is 390 g/mol. The van der Waals surface area contributed by atoms with Crippen LogP contribution in [0.3, 0.4) is 0 Å². The Labute approximate surface area is 165 Å². The van der Waals surface area contributed by atoms with E-state index in [1.807, 2.05) is 61.7 Å². The van der Waals surface area contributed by atoms with E-state index in [0.29, 0.717) is 18.8 Å². The van der Waals surface area contributed by atoms with Gasteiger partial charge in [0, 0.05) is 17.9 Å². The van der Waals surface area contributed by atoms with Crippen LogP contribution in [0.1, 0.15) is 30.4 Å². The molecule has 2 aromatic heterocycles. The van der Waals surface area contributed by atoms with E-state index in [4.69, 9.17) is 4.74 Å². The normalized spacial score (nSPS) is 16.0. The number of carbonyl (C=O) groups excluding carboxylic acids is 1. The minimum absolute atomic E-state index is 0.0192. The second-order valence-electron chi connectivity index (χ2n) is 6.63. The number of nitrogens with zero attached hydrogens (tertiary/aromatic N) is 3. The molecule has 0 saturated carbocycles. The van der Waals surface area contributed by atoms with Crippen LogP contribution in [-0.4, -0.2) is 27.3 Å². The van der Waals surface area contributed by atoms with Crippen molar-refractivity contribution in [3.05, 3.63) is 65.9 Å². The maximum absolute atomic E-state index is 12.4. The summed E-state index contributed by atoms with van der Waals surface area (Å²) in [5.74, 6) is 1.47. The number of anilines is 1. The fraction of sp³-hybridized carbons (Fsp3) is 0.190. The van der Waals surface area contributed by atoms with E-state index in [2.05, 4.69) is 15.4 Å². The van der Waals surface area contributed by atoms with E-state index in [1.165, 1.54) is 0 Å². The van der Waals surface area contributed by atoms with E-state index in [1.54, 1.807) is 16.0 Å². The predicted octanol–water partition coefficient (Wildman–Crippen LogP) is 4.35. The minimum Gasteiger partial charge on any atom is -0.494 e. The van der Waals surface area contributed by atoms with Crippen molar-refractivity contribution in [1.29, 1.82) is 0 Å². The Balaban J connectivity index is 1.56. The Morgan fingerprint density at radius 3 is 2.82 bits per heavy atom. The lowest BCUT2D eigenvalue weighted by Gasteiger charge is -2.23. The predicted molar refractivity (Wildman–Crippen MR) is 109 cm³/mol. The number of amides is 1. The second kappa shape index (κ2) is 6.76. The lowest BCUT2D eigenvalue weighted by Crippen LogP contribution is -2.24. The number of para-hydroxylation sites is 1. The molecule has 1 N–H and O–H groups in total. The third kappa shape index (κ3) is 2.84. The summed E-state index contributed by atoms with van der Waals surface area (Å²) in [5.41, 5.74) is 3.00. The molecule has 140 valence electrons. The first-order chi connectivity index (χ1) is 13.7. The average Bonchev–Trinajstić information content (AvgIpc) is 3.32. The molecule has 0 radical (unpaired) electrons. The first-order valence-electron chi connectivity index (χ1n) is 9.19. The number of aromatic nitrogens is 3. The van der Waals surface area contributed by atoms with Gasteiger partial charge < -0.3 is 10.1 Å². The molecule has 1 aliphatic rings. The van der Waals surface area contributed by atoms with Gasteiger partial charge in [-0.05, 0) is 36.8 Å². The molecule has 1 atom stereocenters. The molecular formula is C21H18N4O2S. The van der Waals surface area contributed by atoms with Gasteiger partial charge in [0.2, 0.25) is 11.0 Å². The highest BCUT2D eigenvalue weighted by Crippen LogP contribution is 2.39. The molecule has 3 heterocycles. The molecule has 1 aliphatic heterocycles. The molecule has 1 amide bonds. The zero-order valence-electron chi connectivity index (χ0n) is 15.3. The summed E-state index contributed by atoms with van der Waals surface area (Å²) < 4.78 is 8.35. The molecule has 4 aromatic rings. The molecular weight excluding hydrogens is 372 g/mol. The van der Waals surface area contributed by atoms with Gasteiger partial charge in [-0.2, -0.15) is 9.78 Å². The van der Waals surface area contributed by atoms with Gasteiger partial charge in [-0.15, -0.1) is 0 Å². The molecule has 5 rings (SSSR count). The first-order valence-corrected chi connectivity index (χ1v) is 10.0. The number of carbonyl (C=O) groups is 1. The summed E-state index contributed by atoms with van der Waals surface area (Å²) in [5, 5.41) is 8.28. The van der Waals surface area contributed by atoms with Crippen molar-refractivity contribution in [2.75, 3.05) is 11.9 Å². The number of thiazole rings is 1. The maximum Gasteiger partial charge on any atom is 0.226 e. The molecule has 6 nitrogen and oxygen atoms in total. The number of hydrogen-bond donors (Lipinski definition) is 1. The number of rotatable bonds is 4. The standard InChI is InChI=1S/C21H18N4O2S/c1-2-27-14-9-7-13(8-10-14)15-11-19(26)24-20-16(15)12-22-25(20)21-23-17-5-3-4-6-18(17)28-21/h3-10,12,15H,2,11H2,1H3,(H,24,26). The fourth-order valence-corrected chi connectivity index (χ4v) is 4.51.